The Morgan fingerprint density at radius 3 is 2.86 bits per heavy atom. The van der Waals surface area contributed by atoms with Crippen molar-refractivity contribution in [3.05, 3.63) is 48.4 Å². The minimum atomic E-state index is 0.0425. The molecule has 106 valence electrons. The van der Waals surface area contributed by atoms with Crippen LogP contribution in [0.1, 0.15) is 23.0 Å². The highest BCUT2D eigenvalue weighted by molar-refractivity contribution is 5.98. The number of benzene rings is 1. The number of likely N-dealkylation sites (tertiary alicyclic amines) is 1. The van der Waals surface area contributed by atoms with Crippen LogP contribution < -0.4 is 0 Å². The molecular weight excluding hydrogens is 266 g/mol. The Kier molecular flexibility index (Phi) is 2.73. The van der Waals surface area contributed by atoms with Gasteiger partial charge in [-0.1, -0.05) is 18.2 Å². The molecule has 1 N–H and O–H groups in total. The number of carbonyl (C=O) groups is 1. The number of hydrogen-bond acceptors (Lipinski definition) is 3. The number of nitrogens with one attached hydrogen (secondary N) is 1. The van der Waals surface area contributed by atoms with Gasteiger partial charge in [0.1, 0.15) is 5.69 Å². The molecule has 1 aliphatic heterocycles. The van der Waals surface area contributed by atoms with Gasteiger partial charge in [-0.15, -0.1) is 0 Å². The lowest BCUT2D eigenvalue weighted by Crippen LogP contribution is -2.29. The first-order valence-corrected chi connectivity index (χ1v) is 7.04. The molecule has 1 aromatic carbocycles. The molecule has 1 amide bonds. The molecule has 6 heteroatoms. The highest BCUT2D eigenvalue weighted by atomic mass is 16.2. The van der Waals surface area contributed by atoms with Crippen LogP contribution in [-0.2, 0) is 0 Å². The topological polar surface area (TPSA) is 66.8 Å². The lowest BCUT2D eigenvalue weighted by Gasteiger charge is -2.15. The third-order valence-electron chi connectivity index (χ3n) is 3.97. The average Bonchev–Trinajstić information content (AvgIpc) is 3.24. The molecule has 0 bridgehead atoms. The van der Waals surface area contributed by atoms with E-state index < -0.39 is 0 Å². The Balaban J connectivity index is 1.55. The van der Waals surface area contributed by atoms with Gasteiger partial charge in [-0.25, -0.2) is 0 Å². The maximum atomic E-state index is 12.6. The number of H-pyrrole nitrogens is 1. The highest BCUT2D eigenvalue weighted by Crippen LogP contribution is 2.23. The van der Waals surface area contributed by atoms with Gasteiger partial charge >= 0.3 is 0 Å². The average molecular weight is 281 g/mol. The summed E-state index contributed by atoms with van der Waals surface area (Å²) in [6.45, 7) is 1.39. The first-order valence-electron chi connectivity index (χ1n) is 7.04. The summed E-state index contributed by atoms with van der Waals surface area (Å²) in [5.41, 5.74) is 1.63. The lowest BCUT2D eigenvalue weighted by molar-refractivity contribution is 0.0781. The number of rotatable bonds is 2. The van der Waals surface area contributed by atoms with E-state index in [0.717, 1.165) is 23.9 Å². The van der Waals surface area contributed by atoms with Gasteiger partial charge in [0, 0.05) is 24.0 Å². The minimum absolute atomic E-state index is 0.0425. The summed E-state index contributed by atoms with van der Waals surface area (Å²) < 4.78 is 0. The van der Waals surface area contributed by atoms with E-state index >= 15 is 0 Å². The largest absolute Gasteiger partial charge is 0.351 e. The Bertz CT molecular complexity index is 743. The third-order valence-corrected chi connectivity index (χ3v) is 3.97. The van der Waals surface area contributed by atoms with Gasteiger partial charge in [0.15, 0.2) is 0 Å². The molecule has 1 fully saturated rings. The number of hydrogen-bond donors (Lipinski definition) is 1. The number of para-hydroxylation sites is 1. The Morgan fingerprint density at radius 2 is 2.05 bits per heavy atom. The molecule has 1 saturated heterocycles. The predicted molar refractivity (Wildman–Crippen MR) is 77.9 cm³/mol. The van der Waals surface area contributed by atoms with Crippen molar-refractivity contribution in [2.45, 2.75) is 12.5 Å². The van der Waals surface area contributed by atoms with E-state index in [2.05, 4.69) is 15.2 Å². The maximum Gasteiger partial charge on any atom is 0.270 e. The van der Waals surface area contributed by atoms with Gasteiger partial charge in [0.05, 0.1) is 18.4 Å². The molecule has 4 rings (SSSR count). The summed E-state index contributed by atoms with van der Waals surface area (Å²) in [7, 11) is 0. The monoisotopic (exact) mass is 281 g/mol. The van der Waals surface area contributed by atoms with Crippen LogP contribution in [0.4, 0.5) is 0 Å². The van der Waals surface area contributed by atoms with Crippen LogP contribution in [0.25, 0.3) is 10.9 Å². The number of fused-ring (bicyclic) bond motifs is 1. The first kappa shape index (κ1) is 12.1. The van der Waals surface area contributed by atoms with Crippen LogP contribution in [0.3, 0.4) is 0 Å². The highest BCUT2D eigenvalue weighted by Gasteiger charge is 2.29. The van der Waals surface area contributed by atoms with Gasteiger partial charge in [-0.2, -0.15) is 15.0 Å². The second-order valence-electron chi connectivity index (χ2n) is 5.31. The van der Waals surface area contributed by atoms with E-state index in [1.165, 1.54) is 0 Å². The fraction of sp³-hybridized carbons (Fsp3) is 0.267. The van der Waals surface area contributed by atoms with Crippen molar-refractivity contribution >= 4 is 16.8 Å². The number of aromatic nitrogens is 4. The fourth-order valence-electron chi connectivity index (χ4n) is 2.89. The number of amides is 1. The standard InChI is InChI=1S/C15H15N5O/c21-15(14-9-11-3-1-2-4-13(11)18-14)19-8-5-12(10-19)20-16-6-7-17-20/h1-4,6-7,9,12,18H,5,8,10H2/t12-/m0/s1. The van der Waals surface area contributed by atoms with E-state index in [4.69, 9.17) is 0 Å². The quantitative estimate of drug-likeness (QED) is 0.779. The molecule has 0 spiro atoms. The van der Waals surface area contributed by atoms with E-state index in [9.17, 15) is 4.79 Å². The lowest BCUT2D eigenvalue weighted by atomic mass is 10.2. The van der Waals surface area contributed by atoms with Crippen molar-refractivity contribution in [3.8, 4) is 0 Å². The Labute approximate surface area is 121 Å². The number of nitrogens with zero attached hydrogens (tertiary/aromatic N) is 4. The second-order valence-corrected chi connectivity index (χ2v) is 5.31. The van der Waals surface area contributed by atoms with Crippen LogP contribution >= 0.6 is 0 Å². The first-order chi connectivity index (χ1) is 10.3. The molecule has 1 atom stereocenters. The molecule has 21 heavy (non-hydrogen) atoms. The summed E-state index contributed by atoms with van der Waals surface area (Å²) >= 11 is 0. The molecule has 0 aliphatic carbocycles. The van der Waals surface area contributed by atoms with Crippen LogP contribution in [0.5, 0.6) is 0 Å². The summed E-state index contributed by atoms with van der Waals surface area (Å²) in [5, 5.41) is 9.38. The molecule has 1 aliphatic rings. The number of aromatic amines is 1. The van der Waals surface area contributed by atoms with Crippen LogP contribution in [0.2, 0.25) is 0 Å². The molecule has 0 saturated carbocycles. The van der Waals surface area contributed by atoms with Crippen molar-refractivity contribution in [1.82, 2.24) is 24.9 Å². The van der Waals surface area contributed by atoms with Gasteiger partial charge in [0.25, 0.3) is 5.91 Å². The van der Waals surface area contributed by atoms with Gasteiger partial charge in [-0.3, -0.25) is 4.79 Å². The van der Waals surface area contributed by atoms with E-state index in [0.29, 0.717) is 12.2 Å². The third kappa shape index (κ3) is 2.08. The molecule has 2 aromatic heterocycles. The molecule has 3 aromatic rings. The zero-order chi connectivity index (χ0) is 14.2. The smallest absolute Gasteiger partial charge is 0.270 e. The molecule has 0 radical (unpaired) electrons. The zero-order valence-electron chi connectivity index (χ0n) is 11.4. The van der Waals surface area contributed by atoms with E-state index in [1.54, 1.807) is 17.2 Å². The van der Waals surface area contributed by atoms with Crippen LogP contribution in [-0.4, -0.2) is 43.9 Å². The van der Waals surface area contributed by atoms with Gasteiger partial charge in [-0.05, 0) is 18.6 Å². The summed E-state index contributed by atoms with van der Waals surface area (Å²) in [5.74, 6) is 0.0425. The molecule has 3 heterocycles. The molecule has 0 unspecified atom stereocenters. The van der Waals surface area contributed by atoms with Crippen molar-refractivity contribution in [1.29, 1.82) is 0 Å². The van der Waals surface area contributed by atoms with Gasteiger partial charge in [0.2, 0.25) is 0 Å². The predicted octanol–water partition coefficient (Wildman–Crippen LogP) is 1.85. The van der Waals surface area contributed by atoms with Crippen molar-refractivity contribution < 1.29 is 4.79 Å². The fourth-order valence-corrected chi connectivity index (χ4v) is 2.89. The van der Waals surface area contributed by atoms with Crippen molar-refractivity contribution in [2.24, 2.45) is 0 Å². The Hall–Kier alpha value is -2.63. The normalized spacial score (nSPS) is 18.5. The number of carbonyl (C=O) groups excluding carboxylic acids is 1. The van der Waals surface area contributed by atoms with E-state index in [-0.39, 0.29) is 11.9 Å². The SMILES string of the molecule is O=C(c1cc2ccccc2[nH]1)N1CC[C@H](n2nccn2)C1. The van der Waals surface area contributed by atoms with E-state index in [1.807, 2.05) is 35.2 Å². The van der Waals surface area contributed by atoms with Crippen LogP contribution in [0, 0.1) is 0 Å². The zero-order valence-corrected chi connectivity index (χ0v) is 11.4. The van der Waals surface area contributed by atoms with Crippen molar-refractivity contribution in [2.75, 3.05) is 13.1 Å². The summed E-state index contributed by atoms with van der Waals surface area (Å²) in [6.07, 6.45) is 4.23. The summed E-state index contributed by atoms with van der Waals surface area (Å²) in [6, 6.07) is 10.0. The Morgan fingerprint density at radius 1 is 1.24 bits per heavy atom. The molecular formula is C15H15N5O. The van der Waals surface area contributed by atoms with Crippen LogP contribution in [0.15, 0.2) is 42.7 Å². The maximum absolute atomic E-state index is 12.6. The minimum Gasteiger partial charge on any atom is -0.351 e. The van der Waals surface area contributed by atoms with Gasteiger partial charge < -0.3 is 9.88 Å². The second kappa shape index (κ2) is 4.73. The molecule has 6 nitrogen and oxygen atoms in total. The van der Waals surface area contributed by atoms with Crippen molar-refractivity contribution in [3.63, 3.8) is 0 Å². The summed E-state index contributed by atoms with van der Waals surface area (Å²) in [4.78, 5) is 19.3.